The highest BCUT2D eigenvalue weighted by molar-refractivity contribution is 5.99. The Hall–Kier alpha value is -3.76. The van der Waals surface area contributed by atoms with Gasteiger partial charge in [0.15, 0.2) is 5.65 Å². The zero-order valence-corrected chi connectivity index (χ0v) is 20.1. The lowest BCUT2D eigenvalue weighted by molar-refractivity contribution is 0.0135. The number of likely N-dealkylation sites (tertiary alicyclic amines) is 1. The lowest BCUT2D eigenvalue weighted by atomic mass is 10.1. The number of halogens is 1. The highest BCUT2D eigenvalue weighted by Gasteiger charge is 2.50. The first kappa shape index (κ1) is 23.0. The van der Waals surface area contributed by atoms with E-state index in [4.69, 9.17) is 15.6 Å². The summed E-state index contributed by atoms with van der Waals surface area (Å²) < 4.78 is 22.5. The summed E-state index contributed by atoms with van der Waals surface area (Å²) in [4.78, 5) is 35.1. The van der Waals surface area contributed by atoms with Crippen LogP contribution in [0, 0.1) is 11.7 Å². The van der Waals surface area contributed by atoms with Gasteiger partial charge in [0.05, 0.1) is 17.5 Å². The van der Waals surface area contributed by atoms with Gasteiger partial charge in [-0.1, -0.05) is 0 Å². The van der Waals surface area contributed by atoms with Crippen molar-refractivity contribution in [2.24, 2.45) is 5.92 Å². The first-order chi connectivity index (χ1) is 16.6. The SMILES string of the molecule is CNC(=O)c1ccc(-c2nn([C@H]3C[C@H]4C[C@@H]3N(C(=O)OC(C)(C)C)C4)c3ncnc(N)c23)c(F)c1. The number of nitrogens with one attached hydrogen (secondary N) is 1. The van der Waals surface area contributed by atoms with E-state index in [2.05, 4.69) is 15.3 Å². The Balaban J connectivity index is 1.57. The summed E-state index contributed by atoms with van der Waals surface area (Å²) in [5.74, 6) is -0.511. The quantitative estimate of drug-likeness (QED) is 0.588. The lowest BCUT2D eigenvalue weighted by Gasteiger charge is -2.34. The Morgan fingerprint density at radius 2 is 1.94 bits per heavy atom. The minimum Gasteiger partial charge on any atom is -0.444 e. The molecule has 1 aromatic carbocycles. The number of aromatic nitrogens is 4. The molecule has 0 spiro atoms. The van der Waals surface area contributed by atoms with Gasteiger partial charge in [0, 0.05) is 24.7 Å². The predicted molar refractivity (Wildman–Crippen MR) is 127 cm³/mol. The topological polar surface area (TPSA) is 128 Å². The van der Waals surface area contributed by atoms with Crippen LogP contribution in [0.15, 0.2) is 24.5 Å². The second kappa shape index (κ2) is 8.17. The number of carbonyl (C=O) groups excluding carboxylic acids is 2. The van der Waals surface area contributed by atoms with Gasteiger partial charge in [-0.2, -0.15) is 5.10 Å². The fraction of sp³-hybridized carbons (Fsp3) is 0.458. The van der Waals surface area contributed by atoms with Gasteiger partial charge in [-0.25, -0.2) is 23.8 Å². The van der Waals surface area contributed by atoms with Crippen molar-refractivity contribution < 1.29 is 18.7 Å². The summed E-state index contributed by atoms with van der Waals surface area (Å²) in [7, 11) is 1.48. The molecule has 11 heteroatoms. The van der Waals surface area contributed by atoms with E-state index in [0.717, 1.165) is 12.8 Å². The molecule has 35 heavy (non-hydrogen) atoms. The normalized spacial score (nSPS) is 21.5. The number of piperidine rings is 1. The molecule has 3 N–H and O–H groups in total. The van der Waals surface area contributed by atoms with Crippen molar-refractivity contribution in [1.82, 2.24) is 30.0 Å². The van der Waals surface area contributed by atoms with E-state index in [1.165, 1.54) is 31.6 Å². The van der Waals surface area contributed by atoms with Gasteiger partial charge in [-0.05, 0) is 57.7 Å². The molecule has 3 aromatic rings. The maximum absolute atomic E-state index is 15.2. The summed E-state index contributed by atoms with van der Waals surface area (Å²) in [6.07, 6.45) is 2.64. The predicted octanol–water partition coefficient (Wildman–Crippen LogP) is 3.14. The van der Waals surface area contributed by atoms with E-state index in [9.17, 15) is 9.59 Å². The Kier molecular flexibility index (Phi) is 5.37. The van der Waals surface area contributed by atoms with Crippen LogP contribution in [0.1, 0.15) is 50.0 Å². The first-order valence-corrected chi connectivity index (χ1v) is 11.6. The summed E-state index contributed by atoms with van der Waals surface area (Å²) in [6.45, 7) is 6.16. The molecule has 2 amide bonds. The number of ether oxygens (including phenoxy) is 1. The maximum atomic E-state index is 15.2. The molecular formula is C24H28FN7O3. The largest absolute Gasteiger partial charge is 0.444 e. The molecule has 3 heterocycles. The number of hydrogen-bond acceptors (Lipinski definition) is 7. The number of nitrogen functional groups attached to an aromatic ring is 1. The first-order valence-electron chi connectivity index (χ1n) is 11.6. The number of amides is 2. The number of rotatable bonds is 3. The van der Waals surface area contributed by atoms with Gasteiger partial charge in [0.25, 0.3) is 5.91 Å². The molecule has 1 saturated heterocycles. The summed E-state index contributed by atoms with van der Waals surface area (Å²) in [5.41, 5.74) is 6.76. The highest BCUT2D eigenvalue weighted by Crippen LogP contribution is 2.46. The van der Waals surface area contributed by atoms with E-state index in [-0.39, 0.29) is 35.1 Å². The van der Waals surface area contributed by atoms with Gasteiger partial charge in [0.2, 0.25) is 0 Å². The van der Waals surface area contributed by atoms with Crippen molar-refractivity contribution >= 4 is 28.9 Å². The molecule has 2 bridgehead atoms. The van der Waals surface area contributed by atoms with Gasteiger partial charge in [0.1, 0.15) is 29.3 Å². The molecule has 1 saturated carbocycles. The van der Waals surface area contributed by atoms with Crippen LogP contribution in [0.3, 0.4) is 0 Å². The molecule has 2 aliphatic rings. The Labute approximate surface area is 201 Å². The molecule has 1 aliphatic heterocycles. The van der Waals surface area contributed by atoms with Crippen molar-refractivity contribution in [3.05, 3.63) is 35.9 Å². The van der Waals surface area contributed by atoms with Crippen LogP contribution in [-0.2, 0) is 4.74 Å². The number of hydrogen-bond donors (Lipinski definition) is 2. The van der Waals surface area contributed by atoms with E-state index in [0.29, 0.717) is 29.2 Å². The Morgan fingerprint density at radius 1 is 1.20 bits per heavy atom. The zero-order chi connectivity index (χ0) is 25.1. The van der Waals surface area contributed by atoms with Crippen LogP contribution in [0.25, 0.3) is 22.3 Å². The molecule has 0 unspecified atom stereocenters. The van der Waals surface area contributed by atoms with E-state index < -0.39 is 17.3 Å². The number of anilines is 1. The van der Waals surface area contributed by atoms with Crippen molar-refractivity contribution in [3.63, 3.8) is 0 Å². The summed E-state index contributed by atoms with van der Waals surface area (Å²) in [5, 5.41) is 7.68. The zero-order valence-electron chi connectivity index (χ0n) is 20.1. The standard InChI is InChI=1S/C24H28FN7O3/c1-24(2,3)35-23(34)31-10-12-7-16(31)17(8-12)32-21-18(20(26)28-11-29-21)19(30-32)14-6-5-13(9-15(14)25)22(33)27-4/h5-6,9,11-12,16-17H,7-8,10H2,1-4H3,(H,27,33)(H2,26,28,29)/t12-,16+,17+/m1/s1. The smallest absolute Gasteiger partial charge is 0.410 e. The minimum atomic E-state index is -0.607. The Bertz CT molecular complexity index is 1330. The van der Waals surface area contributed by atoms with Crippen LogP contribution in [0.5, 0.6) is 0 Å². The van der Waals surface area contributed by atoms with Crippen molar-refractivity contribution in [2.45, 2.75) is 51.3 Å². The summed E-state index contributed by atoms with van der Waals surface area (Å²) >= 11 is 0. The fourth-order valence-electron chi connectivity index (χ4n) is 5.19. The molecule has 0 radical (unpaired) electrons. The highest BCUT2D eigenvalue weighted by atomic mass is 19.1. The van der Waals surface area contributed by atoms with Crippen molar-refractivity contribution in [2.75, 3.05) is 19.3 Å². The van der Waals surface area contributed by atoms with Crippen LogP contribution in [0.4, 0.5) is 15.0 Å². The minimum absolute atomic E-state index is 0.123. The third-order valence-electron chi connectivity index (χ3n) is 6.62. The van der Waals surface area contributed by atoms with Gasteiger partial charge >= 0.3 is 6.09 Å². The van der Waals surface area contributed by atoms with Crippen molar-refractivity contribution in [3.8, 4) is 11.3 Å². The van der Waals surface area contributed by atoms with Crippen LogP contribution >= 0.6 is 0 Å². The number of carbonyl (C=O) groups is 2. The average molecular weight is 482 g/mol. The molecular weight excluding hydrogens is 453 g/mol. The second-order valence-electron chi connectivity index (χ2n) is 10.1. The monoisotopic (exact) mass is 481 g/mol. The van der Waals surface area contributed by atoms with E-state index in [1.54, 1.807) is 9.58 Å². The number of nitrogens with two attached hydrogens (primary N) is 1. The molecule has 10 nitrogen and oxygen atoms in total. The third-order valence-corrected chi connectivity index (χ3v) is 6.62. The third kappa shape index (κ3) is 3.94. The van der Waals surface area contributed by atoms with Crippen LogP contribution < -0.4 is 11.1 Å². The van der Waals surface area contributed by atoms with E-state index >= 15 is 4.39 Å². The average Bonchev–Trinajstić information content (AvgIpc) is 3.50. The molecule has 5 rings (SSSR count). The van der Waals surface area contributed by atoms with Crippen LogP contribution in [0.2, 0.25) is 0 Å². The lowest BCUT2D eigenvalue weighted by Crippen LogP contribution is -2.45. The van der Waals surface area contributed by atoms with E-state index in [1.807, 2.05) is 20.8 Å². The molecule has 184 valence electrons. The number of nitrogens with zero attached hydrogens (tertiary/aromatic N) is 5. The van der Waals surface area contributed by atoms with Gasteiger partial charge < -0.3 is 20.7 Å². The van der Waals surface area contributed by atoms with Gasteiger partial charge in [-0.3, -0.25) is 4.79 Å². The molecule has 1 aliphatic carbocycles. The summed E-state index contributed by atoms with van der Waals surface area (Å²) in [6, 6.07) is 3.92. The number of fused-ring (bicyclic) bond motifs is 3. The van der Waals surface area contributed by atoms with Crippen LogP contribution in [-0.4, -0.2) is 61.9 Å². The molecule has 2 fully saturated rings. The van der Waals surface area contributed by atoms with Gasteiger partial charge in [-0.15, -0.1) is 0 Å². The molecule has 3 atom stereocenters. The number of benzene rings is 1. The Morgan fingerprint density at radius 3 is 2.60 bits per heavy atom. The second-order valence-corrected chi connectivity index (χ2v) is 10.1. The fourth-order valence-corrected chi connectivity index (χ4v) is 5.19. The van der Waals surface area contributed by atoms with Crippen molar-refractivity contribution in [1.29, 1.82) is 0 Å². The molecule has 2 aromatic heterocycles. The maximum Gasteiger partial charge on any atom is 0.410 e.